The number of aromatic nitrogens is 1. The summed E-state index contributed by atoms with van der Waals surface area (Å²) in [5.41, 5.74) is 9.61. The second kappa shape index (κ2) is 7.38. The zero-order chi connectivity index (χ0) is 21.6. The molecule has 2 aromatic rings. The highest BCUT2D eigenvalue weighted by molar-refractivity contribution is 6.02. The van der Waals surface area contributed by atoms with Gasteiger partial charge in [0.15, 0.2) is 0 Å². The van der Waals surface area contributed by atoms with Crippen LogP contribution < -0.4 is 10.5 Å². The molecule has 0 saturated heterocycles. The summed E-state index contributed by atoms with van der Waals surface area (Å²) < 4.78 is 13.0. The molecular weight excluding hydrogens is 382 g/mol. The van der Waals surface area contributed by atoms with Crippen molar-refractivity contribution in [2.24, 2.45) is 5.73 Å². The van der Waals surface area contributed by atoms with Crippen LogP contribution in [0.3, 0.4) is 0 Å². The molecule has 0 unspecified atom stereocenters. The Morgan fingerprint density at radius 3 is 2.30 bits per heavy atom. The van der Waals surface area contributed by atoms with Crippen LogP contribution in [0.5, 0.6) is 5.75 Å². The molecule has 4 rings (SSSR count). The van der Waals surface area contributed by atoms with E-state index < -0.39 is 11.5 Å². The third-order valence-electron chi connectivity index (χ3n) is 5.59. The lowest BCUT2D eigenvalue weighted by Crippen LogP contribution is -2.42. The van der Waals surface area contributed by atoms with Crippen LogP contribution in [0.4, 0.5) is 4.79 Å². The number of nitrogens with two attached hydrogens (primary N) is 1. The van der Waals surface area contributed by atoms with Crippen LogP contribution >= 0.6 is 0 Å². The van der Waals surface area contributed by atoms with E-state index in [2.05, 4.69) is 4.57 Å². The van der Waals surface area contributed by atoms with Crippen molar-refractivity contribution in [2.75, 3.05) is 13.7 Å². The van der Waals surface area contributed by atoms with Crippen LogP contribution in [0.1, 0.15) is 61.3 Å². The molecule has 7 heteroatoms. The highest BCUT2D eigenvalue weighted by Crippen LogP contribution is 2.48. The number of rotatable bonds is 4. The predicted octanol–water partition coefficient (Wildman–Crippen LogP) is 3.89. The summed E-state index contributed by atoms with van der Waals surface area (Å²) in [7, 11) is 1.63. The van der Waals surface area contributed by atoms with Crippen molar-refractivity contribution in [1.29, 1.82) is 0 Å². The van der Waals surface area contributed by atoms with Gasteiger partial charge in [0.25, 0.3) is 5.91 Å². The molecule has 1 aliphatic heterocycles. The van der Waals surface area contributed by atoms with Gasteiger partial charge in [-0.1, -0.05) is 12.1 Å². The Bertz CT molecular complexity index is 981. The summed E-state index contributed by atoms with van der Waals surface area (Å²) in [5, 5.41) is 0. The molecule has 1 fully saturated rings. The molecule has 2 amide bonds. The SMILES string of the molecule is COc1ccc(-c2c(C(N)=O)c3n(c2C2CC2)CCN(C(=O)OC(C)(C)C)C3)cc1. The fourth-order valence-corrected chi connectivity index (χ4v) is 4.17. The fraction of sp³-hybridized carbons (Fsp3) is 0.478. The Balaban J connectivity index is 1.79. The Hall–Kier alpha value is -2.96. The minimum atomic E-state index is -0.573. The summed E-state index contributed by atoms with van der Waals surface area (Å²) in [5.74, 6) is 0.706. The van der Waals surface area contributed by atoms with E-state index in [1.807, 2.05) is 45.0 Å². The van der Waals surface area contributed by atoms with E-state index in [1.54, 1.807) is 12.0 Å². The summed E-state index contributed by atoms with van der Waals surface area (Å²) in [4.78, 5) is 26.9. The monoisotopic (exact) mass is 411 g/mol. The number of hydrogen-bond donors (Lipinski definition) is 1. The zero-order valence-electron chi connectivity index (χ0n) is 18.0. The maximum absolute atomic E-state index is 12.6. The van der Waals surface area contributed by atoms with Gasteiger partial charge >= 0.3 is 6.09 Å². The summed E-state index contributed by atoms with van der Waals surface area (Å²) in [6.07, 6.45) is 1.82. The summed E-state index contributed by atoms with van der Waals surface area (Å²) in [6, 6.07) is 7.70. The first kappa shape index (κ1) is 20.3. The van der Waals surface area contributed by atoms with Gasteiger partial charge in [0.1, 0.15) is 11.4 Å². The van der Waals surface area contributed by atoms with Gasteiger partial charge in [-0.25, -0.2) is 4.79 Å². The van der Waals surface area contributed by atoms with Crippen molar-refractivity contribution in [3.8, 4) is 16.9 Å². The molecule has 1 saturated carbocycles. The van der Waals surface area contributed by atoms with Crippen molar-refractivity contribution < 1.29 is 19.1 Å². The largest absolute Gasteiger partial charge is 0.497 e. The molecule has 2 aliphatic rings. The van der Waals surface area contributed by atoms with Crippen LogP contribution in [0.15, 0.2) is 24.3 Å². The molecule has 1 aromatic heterocycles. The Morgan fingerprint density at radius 1 is 1.10 bits per heavy atom. The lowest BCUT2D eigenvalue weighted by molar-refractivity contribution is 0.0197. The standard InChI is InChI=1S/C23H29N3O4/c1-23(2,3)30-22(28)25-11-12-26-17(13-25)19(21(24)27)18(20(26)15-5-6-15)14-7-9-16(29-4)10-8-14/h7-10,15H,5-6,11-13H2,1-4H3,(H2,24,27). The number of benzene rings is 1. The number of carbonyl (C=O) groups excluding carboxylic acids is 2. The smallest absolute Gasteiger partial charge is 0.410 e. The Kier molecular flexibility index (Phi) is 5.00. The van der Waals surface area contributed by atoms with Crippen LogP contribution in [-0.4, -0.2) is 40.7 Å². The van der Waals surface area contributed by atoms with E-state index in [-0.39, 0.29) is 6.09 Å². The quantitative estimate of drug-likeness (QED) is 0.827. The molecule has 1 aromatic carbocycles. The maximum atomic E-state index is 12.6. The molecule has 2 heterocycles. The van der Waals surface area contributed by atoms with Gasteiger partial charge in [-0.05, 0) is 57.2 Å². The van der Waals surface area contributed by atoms with Crippen molar-refractivity contribution in [3.05, 3.63) is 41.2 Å². The normalized spacial score (nSPS) is 16.2. The average Bonchev–Trinajstić information content (AvgIpc) is 3.46. The summed E-state index contributed by atoms with van der Waals surface area (Å²) >= 11 is 0. The first-order valence-electron chi connectivity index (χ1n) is 10.4. The predicted molar refractivity (Wildman–Crippen MR) is 114 cm³/mol. The van der Waals surface area contributed by atoms with E-state index in [4.69, 9.17) is 15.2 Å². The van der Waals surface area contributed by atoms with E-state index in [0.29, 0.717) is 31.1 Å². The number of nitrogens with zero attached hydrogens (tertiary/aromatic N) is 2. The van der Waals surface area contributed by atoms with E-state index in [1.165, 1.54) is 0 Å². The zero-order valence-corrected chi connectivity index (χ0v) is 18.0. The molecule has 0 atom stereocenters. The van der Waals surface area contributed by atoms with Crippen molar-refractivity contribution in [2.45, 2.75) is 58.2 Å². The minimum absolute atomic E-state index is 0.309. The van der Waals surface area contributed by atoms with E-state index in [0.717, 1.165) is 41.1 Å². The van der Waals surface area contributed by atoms with Crippen LogP contribution in [-0.2, 0) is 17.8 Å². The van der Waals surface area contributed by atoms with Gasteiger partial charge in [-0.15, -0.1) is 0 Å². The number of amides is 2. The van der Waals surface area contributed by atoms with Crippen molar-refractivity contribution >= 4 is 12.0 Å². The van der Waals surface area contributed by atoms with E-state index >= 15 is 0 Å². The molecular formula is C23H29N3O4. The second-order valence-electron chi connectivity index (χ2n) is 9.00. The number of hydrogen-bond acceptors (Lipinski definition) is 4. The molecule has 0 radical (unpaired) electrons. The lowest BCUT2D eigenvalue weighted by Gasteiger charge is -2.32. The number of ether oxygens (including phenoxy) is 2. The topological polar surface area (TPSA) is 86.8 Å². The van der Waals surface area contributed by atoms with Gasteiger partial charge in [-0.3, -0.25) is 4.79 Å². The number of methoxy groups -OCH3 is 1. The number of primary amides is 1. The van der Waals surface area contributed by atoms with E-state index in [9.17, 15) is 9.59 Å². The van der Waals surface area contributed by atoms with Crippen LogP contribution in [0.25, 0.3) is 11.1 Å². The third kappa shape index (κ3) is 3.76. The maximum Gasteiger partial charge on any atom is 0.410 e. The lowest BCUT2D eigenvalue weighted by atomic mass is 9.97. The van der Waals surface area contributed by atoms with Crippen LogP contribution in [0.2, 0.25) is 0 Å². The molecule has 1 aliphatic carbocycles. The van der Waals surface area contributed by atoms with Gasteiger partial charge < -0.3 is 24.7 Å². The molecule has 2 N–H and O–H groups in total. The van der Waals surface area contributed by atoms with Crippen LogP contribution in [0, 0.1) is 0 Å². The highest BCUT2D eigenvalue weighted by atomic mass is 16.6. The summed E-state index contributed by atoms with van der Waals surface area (Å²) in [6.45, 7) is 7.01. The number of carbonyl (C=O) groups is 2. The first-order chi connectivity index (χ1) is 14.2. The Morgan fingerprint density at radius 2 is 1.77 bits per heavy atom. The third-order valence-corrected chi connectivity index (χ3v) is 5.59. The molecule has 0 spiro atoms. The van der Waals surface area contributed by atoms with Gasteiger partial charge in [0.2, 0.25) is 0 Å². The molecule has 7 nitrogen and oxygen atoms in total. The first-order valence-corrected chi connectivity index (χ1v) is 10.4. The highest BCUT2D eigenvalue weighted by Gasteiger charge is 2.38. The van der Waals surface area contributed by atoms with Gasteiger partial charge in [-0.2, -0.15) is 0 Å². The fourth-order valence-electron chi connectivity index (χ4n) is 4.17. The molecule has 160 valence electrons. The molecule has 0 bridgehead atoms. The van der Waals surface area contributed by atoms with Gasteiger partial charge in [0.05, 0.1) is 24.9 Å². The van der Waals surface area contributed by atoms with Gasteiger partial charge in [0, 0.05) is 24.3 Å². The second-order valence-corrected chi connectivity index (χ2v) is 9.00. The molecule has 30 heavy (non-hydrogen) atoms. The number of fused-ring (bicyclic) bond motifs is 1. The minimum Gasteiger partial charge on any atom is -0.497 e. The van der Waals surface area contributed by atoms with Crippen molar-refractivity contribution in [1.82, 2.24) is 9.47 Å². The Labute approximate surface area is 176 Å². The average molecular weight is 412 g/mol. The van der Waals surface area contributed by atoms with Crippen molar-refractivity contribution in [3.63, 3.8) is 0 Å².